The van der Waals surface area contributed by atoms with Gasteiger partial charge in [0, 0.05) is 13.6 Å². The molecule has 1 atom stereocenters. The zero-order chi connectivity index (χ0) is 15.9. The highest BCUT2D eigenvalue weighted by Crippen LogP contribution is 2.09. The fourth-order valence-electron chi connectivity index (χ4n) is 1.45. The minimum atomic E-state index is -1.24. The molecule has 0 spiro atoms. The lowest BCUT2D eigenvalue weighted by Crippen LogP contribution is -2.26. The molecule has 0 N–H and O–H groups in total. The topological polar surface area (TPSA) is 43.4 Å². The highest BCUT2D eigenvalue weighted by molar-refractivity contribution is 6.76. The van der Waals surface area contributed by atoms with Crippen LogP contribution < -0.4 is 0 Å². The summed E-state index contributed by atoms with van der Waals surface area (Å²) in [4.78, 5) is 23.6. The minimum Gasteiger partial charge on any atom is -0.465 e. The number of carbonyl (C=O) groups excluding carboxylic acids is 2. The van der Waals surface area contributed by atoms with Crippen molar-refractivity contribution in [2.75, 3.05) is 6.61 Å². The highest BCUT2D eigenvalue weighted by atomic mass is 28.3. The van der Waals surface area contributed by atoms with Crippen molar-refractivity contribution in [2.24, 2.45) is 5.92 Å². The van der Waals surface area contributed by atoms with Crippen molar-refractivity contribution in [3.8, 4) is 11.8 Å². The van der Waals surface area contributed by atoms with E-state index in [0.717, 1.165) is 11.6 Å². The van der Waals surface area contributed by atoms with Gasteiger partial charge in [0.25, 0.3) is 0 Å². The van der Waals surface area contributed by atoms with Crippen molar-refractivity contribution >= 4 is 19.8 Å². The first-order chi connectivity index (χ1) is 9.79. The first-order valence-electron chi connectivity index (χ1n) is 7.07. The van der Waals surface area contributed by atoms with Gasteiger partial charge in [-0.1, -0.05) is 43.8 Å². The van der Waals surface area contributed by atoms with E-state index in [1.54, 1.807) is 6.92 Å². The zero-order valence-electron chi connectivity index (χ0n) is 13.1. The van der Waals surface area contributed by atoms with E-state index >= 15 is 0 Å². The van der Waals surface area contributed by atoms with Gasteiger partial charge in [-0.2, -0.15) is 0 Å². The lowest BCUT2D eigenvalue weighted by Gasteiger charge is -2.16. The quantitative estimate of drug-likeness (QED) is 0.363. The average Bonchev–Trinajstić information content (AvgIpc) is 2.43. The maximum atomic E-state index is 11.9. The molecular formula is C17H22O3Si. The Balaban J connectivity index is 2.51. The minimum absolute atomic E-state index is 0.387. The molecule has 1 aromatic rings. The van der Waals surface area contributed by atoms with Gasteiger partial charge in [-0.05, 0) is 31.0 Å². The molecule has 1 rings (SSSR count). The fraction of sp³-hybridized carbons (Fsp3) is 0.412. The Morgan fingerprint density at radius 1 is 1.19 bits per heavy atom. The molecule has 0 heterocycles. The van der Waals surface area contributed by atoms with Crippen molar-refractivity contribution in [2.45, 2.75) is 32.6 Å². The zero-order valence-corrected chi connectivity index (χ0v) is 14.1. The molecule has 0 aliphatic carbocycles. The van der Waals surface area contributed by atoms with Crippen molar-refractivity contribution in [1.29, 1.82) is 0 Å². The molecule has 3 nitrogen and oxygen atoms in total. The van der Waals surface area contributed by atoms with E-state index in [0.29, 0.717) is 6.61 Å². The van der Waals surface area contributed by atoms with Crippen molar-refractivity contribution in [1.82, 2.24) is 0 Å². The van der Waals surface area contributed by atoms with Crippen LogP contribution in [0, 0.1) is 17.8 Å². The predicted octanol–water partition coefficient (Wildman–Crippen LogP) is 3.12. The van der Waals surface area contributed by atoms with E-state index in [4.69, 9.17) is 4.74 Å². The summed E-state index contributed by atoms with van der Waals surface area (Å²) in [6.07, 6.45) is 0. The molecule has 0 saturated carbocycles. The van der Waals surface area contributed by atoms with E-state index in [1.165, 1.54) is 0 Å². The van der Waals surface area contributed by atoms with Gasteiger partial charge in [0.2, 0.25) is 5.78 Å². The Kier molecular flexibility index (Phi) is 6.38. The van der Waals surface area contributed by atoms with Crippen LogP contribution in [-0.2, 0) is 14.3 Å². The molecule has 0 saturated heterocycles. The summed E-state index contributed by atoms with van der Waals surface area (Å²) in [7, 11) is -1.24. The third kappa shape index (κ3) is 6.91. The first kappa shape index (κ1) is 17.2. The molecule has 1 aromatic carbocycles. The molecule has 0 amide bonds. The SMILES string of the molecule is CC(C(=O)C#Cc1ccccc1)C(=O)OCC[Si](C)(C)C. The van der Waals surface area contributed by atoms with Crippen LogP contribution in [0.25, 0.3) is 0 Å². The maximum Gasteiger partial charge on any atom is 0.317 e. The number of esters is 1. The van der Waals surface area contributed by atoms with Crippen LogP contribution in [0.5, 0.6) is 0 Å². The normalized spacial score (nSPS) is 12.0. The average molecular weight is 302 g/mol. The van der Waals surface area contributed by atoms with Crippen molar-refractivity contribution in [3.05, 3.63) is 35.9 Å². The molecule has 112 valence electrons. The molecule has 1 unspecified atom stereocenters. The number of benzene rings is 1. The number of rotatable bonds is 5. The van der Waals surface area contributed by atoms with Gasteiger partial charge in [-0.25, -0.2) is 0 Å². The van der Waals surface area contributed by atoms with Gasteiger partial charge in [-0.3, -0.25) is 9.59 Å². The highest BCUT2D eigenvalue weighted by Gasteiger charge is 2.22. The van der Waals surface area contributed by atoms with Gasteiger partial charge in [0.05, 0.1) is 6.61 Å². The van der Waals surface area contributed by atoms with Crippen LogP contribution in [0.3, 0.4) is 0 Å². The van der Waals surface area contributed by atoms with Gasteiger partial charge >= 0.3 is 5.97 Å². The standard InChI is InChI=1S/C17H22O3Si/c1-14(17(19)20-12-13-21(2,3)4)16(18)11-10-15-8-6-5-7-9-15/h5-9,14H,12-13H2,1-4H3. The number of hydrogen-bond donors (Lipinski definition) is 0. The Morgan fingerprint density at radius 3 is 2.38 bits per heavy atom. The van der Waals surface area contributed by atoms with Gasteiger partial charge in [0.1, 0.15) is 5.92 Å². The monoisotopic (exact) mass is 302 g/mol. The van der Waals surface area contributed by atoms with Crippen LogP contribution in [0.2, 0.25) is 25.7 Å². The van der Waals surface area contributed by atoms with Gasteiger partial charge in [-0.15, -0.1) is 0 Å². The van der Waals surface area contributed by atoms with E-state index in [1.807, 2.05) is 30.3 Å². The smallest absolute Gasteiger partial charge is 0.317 e. The van der Waals surface area contributed by atoms with Crippen LogP contribution in [0.15, 0.2) is 30.3 Å². The summed E-state index contributed by atoms with van der Waals surface area (Å²) >= 11 is 0. The van der Waals surface area contributed by atoms with Crippen LogP contribution in [-0.4, -0.2) is 26.4 Å². The molecular weight excluding hydrogens is 280 g/mol. The van der Waals surface area contributed by atoms with Crippen molar-refractivity contribution < 1.29 is 14.3 Å². The Morgan fingerprint density at radius 2 is 1.81 bits per heavy atom. The van der Waals surface area contributed by atoms with Gasteiger partial charge in [0.15, 0.2) is 0 Å². The number of hydrogen-bond acceptors (Lipinski definition) is 3. The van der Waals surface area contributed by atoms with E-state index in [-0.39, 0.29) is 0 Å². The second-order valence-electron chi connectivity index (χ2n) is 6.18. The molecule has 0 fully saturated rings. The molecule has 21 heavy (non-hydrogen) atoms. The second kappa shape index (κ2) is 7.80. The third-order valence-corrected chi connectivity index (χ3v) is 4.65. The Labute approximate surface area is 127 Å². The van der Waals surface area contributed by atoms with Crippen LogP contribution >= 0.6 is 0 Å². The molecule has 0 radical (unpaired) electrons. The van der Waals surface area contributed by atoms with E-state index in [9.17, 15) is 9.59 Å². The molecule has 0 bridgehead atoms. The second-order valence-corrected chi connectivity index (χ2v) is 11.8. The van der Waals surface area contributed by atoms with Crippen LogP contribution in [0.1, 0.15) is 12.5 Å². The Bertz CT molecular complexity index is 547. The lowest BCUT2D eigenvalue weighted by atomic mass is 10.1. The predicted molar refractivity (Wildman–Crippen MR) is 86.6 cm³/mol. The molecule has 0 aliphatic rings. The number of ether oxygens (including phenoxy) is 1. The maximum absolute atomic E-state index is 11.9. The summed E-state index contributed by atoms with van der Waals surface area (Å²) in [5.74, 6) is 3.54. The fourth-order valence-corrected chi connectivity index (χ4v) is 2.17. The molecule has 4 heteroatoms. The number of carbonyl (C=O) groups is 2. The van der Waals surface area contributed by atoms with Gasteiger partial charge < -0.3 is 4.74 Å². The Hall–Kier alpha value is -1.86. The van der Waals surface area contributed by atoms with E-state index < -0.39 is 25.7 Å². The number of Topliss-reactive ketones (excluding diaryl/α,β-unsaturated/α-hetero) is 1. The lowest BCUT2D eigenvalue weighted by molar-refractivity contribution is -0.149. The number of ketones is 1. The molecule has 0 aromatic heterocycles. The molecule has 0 aliphatic heterocycles. The van der Waals surface area contributed by atoms with Crippen molar-refractivity contribution in [3.63, 3.8) is 0 Å². The summed E-state index contributed by atoms with van der Waals surface area (Å²) in [5.41, 5.74) is 0.755. The van der Waals surface area contributed by atoms with E-state index in [2.05, 4.69) is 31.5 Å². The largest absolute Gasteiger partial charge is 0.465 e. The summed E-state index contributed by atoms with van der Waals surface area (Å²) in [5, 5.41) is 0. The first-order valence-corrected chi connectivity index (χ1v) is 10.8. The third-order valence-electron chi connectivity index (χ3n) is 2.95. The van der Waals surface area contributed by atoms with Crippen LogP contribution in [0.4, 0.5) is 0 Å². The summed E-state index contributed by atoms with van der Waals surface area (Å²) < 4.78 is 5.16. The summed E-state index contributed by atoms with van der Waals surface area (Å²) in [6.45, 7) is 8.55. The summed E-state index contributed by atoms with van der Waals surface area (Å²) in [6, 6.07) is 10.1.